The first-order valence-corrected chi connectivity index (χ1v) is 9.63. The fraction of sp³-hybridized carbons (Fsp3) is 0.524. The maximum atomic E-state index is 5.27. The Balaban J connectivity index is 1.53. The molecule has 1 unspecified atom stereocenters. The number of hydrogen-bond donors (Lipinski definition) is 0. The van der Waals surface area contributed by atoms with Crippen LogP contribution in [0.1, 0.15) is 47.9 Å². The molecule has 0 bridgehead atoms. The summed E-state index contributed by atoms with van der Waals surface area (Å²) >= 11 is 0. The van der Waals surface area contributed by atoms with Gasteiger partial charge in [0.2, 0.25) is 0 Å². The number of likely N-dealkylation sites (N-methyl/N-ethyl adjacent to an activating group) is 1. The molecule has 2 aliphatic rings. The highest BCUT2D eigenvalue weighted by Crippen LogP contribution is 2.31. The Kier molecular flexibility index (Phi) is 5.18. The Morgan fingerprint density at radius 3 is 2.81 bits per heavy atom. The number of likely N-dealkylation sites (tertiary alicyclic amines) is 1. The molecule has 1 fully saturated rings. The minimum Gasteiger partial charge on any atom is -0.497 e. The van der Waals surface area contributed by atoms with Crippen LogP contribution in [0.4, 0.5) is 0 Å². The highest BCUT2D eigenvalue weighted by molar-refractivity contribution is 5.27. The number of methoxy groups -OCH3 is 1. The van der Waals surface area contributed by atoms with Crippen LogP contribution in [0.2, 0.25) is 0 Å². The van der Waals surface area contributed by atoms with Crippen LogP contribution in [-0.4, -0.2) is 47.0 Å². The van der Waals surface area contributed by atoms with Gasteiger partial charge < -0.3 is 9.64 Å². The van der Waals surface area contributed by atoms with Crippen molar-refractivity contribution in [1.82, 2.24) is 19.8 Å². The zero-order valence-corrected chi connectivity index (χ0v) is 15.8. The van der Waals surface area contributed by atoms with Crippen LogP contribution in [0.3, 0.4) is 0 Å². The van der Waals surface area contributed by atoms with Crippen molar-refractivity contribution in [3.05, 3.63) is 53.1 Å². The van der Waals surface area contributed by atoms with E-state index in [4.69, 9.17) is 14.7 Å². The van der Waals surface area contributed by atoms with Gasteiger partial charge in [-0.1, -0.05) is 18.6 Å². The summed E-state index contributed by atoms with van der Waals surface area (Å²) in [6.07, 6.45) is 6.75. The predicted octanol–water partition coefficient (Wildman–Crippen LogP) is 3.20. The van der Waals surface area contributed by atoms with Gasteiger partial charge >= 0.3 is 0 Å². The van der Waals surface area contributed by atoms with E-state index in [2.05, 4.69) is 35.2 Å². The summed E-state index contributed by atoms with van der Waals surface area (Å²) < 4.78 is 5.27. The van der Waals surface area contributed by atoms with Crippen LogP contribution < -0.4 is 4.74 Å². The SMILES string of the molecule is COc1ccc(CN2CCCCC2c2ncc3c(n2)CCN(C)C3)cc1. The first-order valence-electron chi connectivity index (χ1n) is 9.63. The molecule has 1 atom stereocenters. The number of aromatic nitrogens is 2. The van der Waals surface area contributed by atoms with Gasteiger partial charge in [0.25, 0.3) is 0 Å². The molecule has 26 heavy (non-hydrogen) atoms. The van der Waals surface area contributed by atoms with Crippen LogP contribution in [-0.2, 0) is 19.5 Å². The second-order valence-electron chi connectivity index (χ2n) is 7.52. The van der Waals surface area contributed by atoms with Crippen molar-refractivity contribution < 1.29 is 4.74 Å². The fourth-order valence-electron chi connectivity index (χ4n) is 4.07. The van der Waals surface area contributed by atoms with Gasteiger partial charge in [0.05, 0.1) is 13.2 Å². The lowest BCUT2D eigenvalue weighted by Crippen LogP contribution is -2.35. The Bertz CT molecular complexity index is 746. The molecule has 3 heterocycles. The fourth-order valence-corrected chi connectivity index (χ4v) is 4.07. The van der Waals surface area contributed by atoms with Gasteiger partial charge in [0, 0.05) is 43.5 Å². The van der Waals surface area contributed by atoms with Crippen LogP contribution in [0.15, 0.2) is 30.5 Å². The number of ether oxygens (including phenoxy) is 1. The molecule has 0 amide bonds. The van der Waals surface area contributed by atoms with E-state index in [0.717, 1.165) is 50.6 Å². The molecule has 0 aliphatic carbocycles. The van der Waals surface area contributed by atoms with E-state index in [1.54, 1.807) is 7.11 Å². The van der Waals surface area contributed by atoms with Crippen LogP contribution in [0.25, 0.3) is 0 Å². The lowest BCUT2D eigenvalue weighted by molar-refractivity contribution is 0.133. The molecular formula is C21H28N4O. The molecule has 1 saturated heterocycles. The lowest BCUT2D eigenvalue weighted by Gasteiger charge is -2.35. The highest BCUT2D eigenvalue weighted by Gasteiger charge is 2.27. The molecule has 0 spiro atoms. The minimum atomic E-state index is 0.329. The molecule has 4 rings (SSSR count). The zero-order chi connectivity index (χ0) is 17.9. The van der Waals surface area contributed by atoms with E-state index in [-0.39, 0.29) is 0 Å². The van der Waals surface area contributed by atoms with Gasteiger partial charge in [0.15, 0.2) is 0 Å². The number of rotatable bonds is 4. The lowest BCUT2D eigenvalue weighted by atomic mass is 9.99. The molecule has 138 valence electrons. The van der Waals surface area contributed by atoms with Gasteiger partial charge in [0.1, 0.15) is 11.6 Å². The van der Waals surface area contributed by atoms with E-state index >= 15 is 0 Å². The second kappa shape index (κ2) is 7.72. The summed E-state index contributed by atoms with van der Waals surface area (Å²) in [6.45, 7) is 4.11. The van der Waals surface area contributed by atoms with Crippen LogP contribution in [0.5, 0.6) is 5.75 Å². The maximum absolute atomic E-state index is 5.27. The average molecular weight is 352 g/mol. The summed E-state index contributed by atoms with van der Waals surface area (Å²) in [4.78, 5) is 14.6. The van der Waals surface area contributed by atoms with E-state index in [1.165, 1.54) is 29.7 Å². The number of piperidine rings is 1. The predicted molar refractivity (Wildman–Crippen MR) is 102 cm³/mol. The zero-order valence-electron chi connectivity index (χ0n) is 15.8. The Labute approximate surface area is 156 Å². The quantitative estimate of drug-likeness (QED) is 0.845. The molecular weight excluding hydrogens is 324 g/mol. The Morgan fingerprint density at radius 2 is 2.00 bits per heavy atom. The number of nitrogens with zero attached hydrogens (tertiary/aromatic N) is 4. The first-order chi connectivity index (χ1) is 12.7. The van der Waals surface area contributed by atoms with E-state index in [9.17, 15) is 0 Å². The summed E-state index contributed by atoms with van der Waals surface area (Å²) in [5.41, 5.74) is 3.86. The number of benzene rings is 1. The summed E-state index contributed by atoms with van der Waals surface area (Å²) in [6, 6.07) is 8.73. The molecule has 5 nitrogen and oxygen atoms in total. The molecule has 2 aliphatic heterocycles. The second-order valence-corrected chi connectivity index (χ2v) is 7.52. The molecule has 0 radical (unpaired) electrons. The average Bonchev–Trinajstić information content (AvgIpc) is 2.68. The van der Waals surface area contributed by atoms with Crippen LogP contribution in [0, 0.1) is 0 Å². The number of fused-ring (bicyclic) bond motifs is 1. The normalized spacial score (nSPS) is 21.4. The van der Waals surface area contributed by atoms with E-state index < -0.39 is 0 Å². The number of hydrogen-bond acceptors (Lipinski definition) is 5. The molecule has 0 saturated carbocycles. The topological polar surface area (TPSA) is 41.5 Å². The Hall–Kier alpha value is -1.98. The van der Waals surface area contributed by atoms with Gasteiger partial charge in [-0.3, -0.25) is 4.90 Å². The maximum Gasteiger partial charge on any atom is 0.145 e. The largest absolute Gasteiger partial charge is 0.497 e. The van der Waals surface area contributed by atoms with Gasteiger partial charge in [-0.05, 0) is 44.1 Å². The van der Waals surface area contributed by atoms with Gasteiger partial charge in [-0.2, -0.15) is 0 Å². The summed E-state index contributed by atoms with van der Waals surface area (Å²) in [7, 11) is 3.87. The summed E-state index contributed by atoms with van der Waals surface area (Å²) in [5, 5.41) is 0. The van der Waals surface area contributed by atoms with Gasteiger partial charge in [-0.15, -0.1) is 0 Å². The third-order valence-electron chi connectivity index (χ3n) is 5.60. The van der Waals surface area contributed by atoms with E-state index in [0.29, 0.717) is 6.04 Å². The standard InChI is InChI=1S/C21H28N4O/c1-24-12-10-19-17(15-24)13-22-21(23-19)20-5-3-4-11-25(20)14-16-6-8-18(26-2)9-7-16/h6-9,13,20H,3-5,10-12,14-15H2,1-2H3. The molecule has 1 aromatic heterocycles. The Morgan fingerprint density at radius 1 is 1.15 bits per heavy atom. The van der Waals surface area contributed by atoms with Crippen molar-refractivity contribution in [3.63, 3.8) is 0 Å². The third-order valence-corrected chi connectivity index (χ3v) is 5.60. The van der Waals surface area contributed by atoms with E-state index in [1.807, 2.05) is 12.1 Å². The van der Waals surface area contributed by atoms with Gasteiger partial charge in [-0.25, -0.2) is 9.97 Å². The molecule has 2 aromatic rings. The van der Waals surface area contributed by atoms with Crippen molar-refractivity contribution in [3.8, 4) is 5.75 Å². The monoisotopic (exact) mass is 352 g/mol. The van der Waals surface area contributed by atoms with Crippen molar-refractivity contribution in [2.75, 3.05) is 27.2 Å². The van der Waals surface area contributed by atoms with Crippen molar-refractivity contribution in [2.45, 2.75) is 44.8 Å². The summed E-state index contributed by atoms with van der Waals surface area (Å²) in [5.74, 6) is 1.92. The molecule has 1 aromatic carbocycles. The third kappa shape index (κ3) is 3.74. The minimum absolute atomic E-state index is 0.329. The van der Waals surface area contributed by atoms with Crippen molar-refractivity contribution in [1.29, 1.82) is 0 Å². The molecule has 0 N–H and O–H groups in total. The van der Waals surface area contributed by atoms with Crippen molar-refractivity contribution in [2.24, 2.45) is 0 Å². The highest BCUT2D eigenvalue weighted by atomic mass is 16.5. The smallest absolute Gasteiger partial charge is 0.145 e. The molecule has 5 heteroatoms. The first kappa shape index (κ1) is 17.4. The van der Waals surface area contributed by atoms with Crippen LogP contribution >= 0.6 is 0 Å². The van der Waals surface area contributed by atoms with Crippen molar-refractivity contribution >= 4 is 0 Å².